The highest BCUT2D eigenvalue weighted by atomic mass is 32.2. The summed E-state index contributed by atoms with van der Waals surface area (Å²) in [4.78, 5) is 12.5. The molecule has 0 aliphatic rings. The van der Waals surface area contributed by atoms with Gasteiger partial charge in [0, 0.05) is 35.9 Å². The molecule has 1 amide bonds. The average Bonchev–Trinajstić information content (AvgIpc) is 3.06. The molecule has 0 spiro atoms. The number of aryl methyl sites for hydroxylation is 1. The third kappa shape index (κ3) is 5.46. The molecule has 3 rings (SSSR count). The van der Waals surface area contributed by atoms with Crippen LogP contribution in [0.25, 0.3) is 10.9 Å². The van der Waals surface area contributed by atoms with E-state index in [0.29, 0.717) is 12.1 Å². The molecule has 0 radical (unpaired) electrons. The number of hydrogen-bond donors (Lipinski definition) is 2. The number of para-hydroxylation sites is 1. The van der Waals surface area contributed by atoms with Crippen molar-refractivity contribution in [2.24, 2.45) is 0 Å². The van der Waals surface area contributed by atoms with Crippen molar-refractivity contribution in [3.05, 3.63) is 66.4 Å². The normalized spacial score (nSPS) is 12.2. The molecule has 154 valence electrons. The van der Waals surface area contributed by atoms with Crippen LogP contribution in [0.4, 0.5) is 0 Å². The van der Waals surface area contributed by atoms with E-state index in [0.717, 1.165) is 13.0 Å². The molecule has 0 bridgehead atoms. The third-order valence-electron chi connectivity index (χ3n) is 4.41. The summed E-state index contributed by atoms with van der Waals surface area (Å²) in [5.74, 6) is -0.213. The first-order valence-corrected chi connectivity index (χ1v) is 11.1. The molecule has 1 aromatic heterocycles. The molecule has 0 fully saturated rings. The predicted octanol–water partition coefficient (Wildman–Crippen LogP) is 3.54. The molecule has 0 aliphatic carbocycles. The minimum Gasteiger partial charge on any atom is -0.352 e. The van der Waals surface area contributed by atoms with Crippen LogP contribution in [0, 0.1) is 0 Å². The Kier molecular flexibility index (Phi) is 6.10. The number of benzene rings is 2. The fraction of sp³-hybridized carbons (Fsp3) is 0.318. The van der Waals surface area contributed by atoms with E-state index >= 15 is 0 Å². The third-order valence-corrected chi connectivity index (χ3v) is 6.18. The average molecular weight is 414 g/mol. The molecule has 1 heterocycles. The van der Waals surface area contributed by atoms with Gasteiger partial charge in [0.1, 0.15) is 0 Å². The minimum atomic E-state index is -3.61. The van der Waals surface area contributed by atoms with E-state index in [9.17, 15) is 13.2 Å². The number of nitrogens with one attached hydrogen (secondary N) is 2. The molecule has 0 unspecified atom stereocenters. The highest BCUT2D eigenvalue weighted by molar-refractivity contribution is 7.89. The molecule has 0 saturated heterocycles. The number of sulfonamides is 1. The molecule has 29 heavy (non-hydrogen) atoms. The van der Waals surface area contributed by atoms with E-state index in [1.165, 1.54) is 35.2 Å². The van der Waals surface area contributed by atoms with Gasteiger partial charge in [0.15, 0.2) is 0 Å². The summed E-state index contributed by atoms with van der Waals surface area (Å²) in [6.45, 7) is 6.69. The van der Waals surface area contributed by atoms with E-state index in [4.69, 9.17) is 0 Å². The van der Waals surface area contributed by atoms with E-state index in [1.54, 1.807) is 20.8 Å². The number of fused-ring (bicyclic) bond motifs is 1. The zero-order valence-electron chi connectivity index (χ0n) is 17.0. The molecule has 2 aromatic carbocycles. The van der Waals surface area contributed by atoms with Crippen LogP contribution in [0.3, 0.4) is 0 Å². The Bertz CT molecular complexity index is 1090. The van der Waals surface area contributed by atoms with Crippen LogP contribution in [-0.2, 0) is 16.6 Å². The van der Waals surface area contributed by atoms with Crippen LogP contribution < -0.4 is 10.0 Å². The number of carbonyl (C=O) groups is 1. The van der Waals surface area contributed by atoms with Gasteiger partial charge >= 0.3 is 0 Å². The van der Waals surface area contributed by atoms with Gasteiger partial charge in [-0.15, -0.1) is 0 Å². The van der Waals surface area contributed by atoms with Crippen LogP contribution >= 0.6 is 0 Å². The molecular formula is C22H27N3O3S. The first-order chi connectivity index (χ1) is 13.7. The smallest absolute Gasteiger partial charge is 0.251 e. The van der Waals surface area contributed by atoms with Gasteiger partial charge in [-0.3, -0.25) is 4.79 Å². The molecule has 0 aliphatic heterocycles. The number of carbonyl (C=O) groups excluding carboxylic acids is 1. The number of aromatic nitrogens is 1. The maximum absolute atomic E-state index is 12.3. The Balaban J connectivity index is 1.53. The van der Waals surface area contributed by atoms with Gasteiger partial charge in [0.05, 0.1) is 4.90 Å². The maximum atomic E-state index is 12.3. The van der Waals surface area contributed by atoms with Crippen LogP contribution in [0.15, 0.2) is 65.7 Å². The Morgan fingerprint density at radius 2 is 1.69 bits per heavy atom. The van der Waals surface area contributed by atoms with Gasteiger partial charge in [-0.25, -0.2) is 13.1 Å². The summed E-state index contributed by atoms with van der Waals surface area (Å²) < 4.78 is 29.4. The lowest BCUT2D eigenvalue weighted by Gasteiger charge is -2.20. The quantitative estimate of drug-likeness (QED) is 0.582. The molecule has 0 saturated carbocycles. The molecule has 0 atom stereocenters. The van der Waals surface area contributed by atoms with Crippen molar-refractivity contribution < 1.29 is 13.2 Å². The second-order valence-electron chi connectivity index (χ2n) is 8.06. The Morgan fingerprint density at radius 1 is 1.00 bits per heavy atom. The summed E-state index contributed by atoms with van der Waals surface area (Å²) in [6.07, 6.45) is 2.85. The first kappa shape index (κ1) is 21.1. The summed E-state index contributed by atoms with van der Waals surface area (Å²) in [6, 6.07) is 16.2. The van der Waals surface area contributed by atoms with E-state index in [1.807, 2.05) is 12.1 Å². The topological polar surface area (TPSA) is 80.2 Å². The lowest BCUT2D eigenvalue weighted by Crippen LogP contribution is -2.40. The standard InChI is InChI=1S/C22H27N3O3S/c1-22(2,3)24-29(27,28)19-11-9-18(10-12-19)21(26)23-14-6-15-25-16-13-17-7-4-5-8-20(17)25/h4-5,7-13,16,24H,6,14-15H2,1-3H3,(H,23,26). The molecule has 7 heteroatoms. The lowest BCUT2D eigenvalue weighted by atomic mass is 10.1. The fourth-order valence-electron chi connectivity index (χ4n) is 3.14. The van der Waals surface area contributed by atoms with E-state index < -0.39 is 15.6 Å². The Labute approximate surface area is 172 Å². The van der Waals surface area contributed by atoms with Crippen molar-refractivity contribution in [1.29, 1.82) is 0 Å². The molecule has 3 aromatic rings. The van der Waals surface area contributed by atoms with Crippen molar-refractivity contribution in [1.82, 2.24) is 14.6 Å². The van der Waals surface area contributed by atoms with Crippen molar-refractivity contribution in [2.75, 3.05) is 6.54 Å². The van der Waals surface area contributed by atoms with Gasteiger partial charge in [-0.2, -0.15) is 0 Å². The number of rotatable bonds is 7. The highest BCUT2D eigenvalue weighted by Crippen LogP contribution is 2.16. The zero-order chi connectivity index (χ0) is 21.1. The van der Waals surface area contributed by atoms with Gasteiger partial charge in [-0.05, 0) is 69.0 Å². The largest absolute Gasteiger partial charge is 0.352 e. The van der Waals surface area contributed by atoms with Crippen LogP contribution in [0.5, 0.6) is 0 Å². The van der Waals surface area contributed by atoms with Gasteiger partial charge in [0.25, 0.3) is 5.91 Å². The number of hydrogen-bond acceptors (Lipinski definition) is 3. The molecule has 2 N–H and O–H groups in total. The summed E-state index contributed by atoms with van der Waals surface area (Å²) in [5.41, 5.74) is 1.05. The summed E-state index contributed by atoms with van der Waals surface area (Å²) in [5, 5.41) is 4.09. The van der Waals surface area contributed by atoms with Crippen LogP contribution in [0.2, 0.25) is 0 Å². The predicted molar refractivity (Wildman–Crippen MR) is 115 cm³/mol. The number of nitrogens with zero attached hydrogens (tertiary/aromatic N) is 1. The van der Waals surface area contributed by atoms with E-state index in [2.05, 4.69) is 39.0 Å². The minimum absolute atomic E-state index is 0.142. The molecule has 6 nitrogen and oxygen atoms in total. The second-order valence-corrected chi connectivity index (χ2v) is 9.74. The second kappa shape index (κ2) is 8.39. The van der Waals surface area contributed by atoms with Crippen molar-refractivity contribution in [3.8, 4) is 0 Å². The summed E-state index contributed by atoms with van der Waals surface area (Å²) in [7, 11) is -3.61. The van der Waals surface area contributed by atoms with E-state index in [-0.39, 0.29) is 10.8 Å². The highest BCUT2D eigenvalue weighted by Gasteiger charge is 2.22. The number of amides is 1. The van der Waals surface area contributed by atoms with Crippen LogP contribution in [-0.4, -0.2) is 31.0 Å². The van der Waals surface area contributed by atoms with Crippen molar-refractivity contribution in [2.45, 2.75) is 44.2 Å². The van der Waals surface area contributed by atoms with Gasteiger partial charge in [0.2, 0.25) is 10.0 Å². The van der Waals surface area contributed by atoms with Crippen molar-refractivity contribution in [3.63, 3.8) is 0 Å². The zero-order valence-corrected chi connectivity index (χ0v) is 17.8. The lowest BCUT2D eigenvalue weighted by molar-refractivity contribution is 0.0952. The van der Waals surface area contributed by atoms with Crippen molar-refractivity contribution >= 4 is 26.8 Å². The van der Waals surface area contributed by atoms with Gasteiger partial charge < -0.3 is 9.88 Å². The SMILES string of the molecule is CC(C)(C)NS(=O)(=O)c1ccc(C(=O)NCCCn2ccc3ccccc32)cc1. The summed E-state index contributed by atoms with van der Waals surface area (Å²) >= 11 is 0. The Hall–Kier alpha value is -2.64. The van der Waals surface area contributed by atoms with Crippen LogP contribution in [0.1, 0.15) is 37.6 Å². The first-order valence-electron chi connectivity index (χ1n) is 9.62. The monoisotopic (exact) mass is 413 g/mol. The Morgan fingerprint density at radius 3 is 2.38 bits per heavy atom. The molecular weight excluding hydrogens is 386 g/mol. The fourth-order valence-corrected chi connectivity index (χ4v) is 4.55. The maximum Gasteiger partial charge on any atom is 0.251 e. The van der Waals surface area contributed by atoms with Gasteiger partial charge in [-0.1, -0.05) is 18.2 Å².